The summed E-state index contributed by atoms with van der Waals surface area (Å²) in [4.78, 5) is 11.5. The van der Waals surface area contributed by atoms with E-state index in [4.69, 9.17) is 11.6 Å². The summed E-state index contributed by atoms with van der Waals surface area (Å²) in [5, 5.41) is 13.8. The van der Waals surface area contributed by atoms with Gasteiger partial charge in [-0.1, -0.05) is 17.7 Å². The summed E-state index contributed by atoms with van der Waals surface area (Å²) < 4.78 is 0. The molecule has 0 spiro atoms. The number of piperidine rings is 1. The maximum atomic E-state index is 11.5. The summed E-state index contributed by atoms with van der Waals surface area (Å²) in [7, 11) is 0. The predicted molar refractivity (Wildman–Crippen MR) is 72.3 cm³/mol. The molecule has 0 radical (unpaired) electrons. The average Bonchev–Trinajstić information content (AvgIpc) is 2.35. The Morgan fingerprint density at radius 1 is 1.50 bits per heavy atom. The van der Waals surface area contributed by atoms with Gasteiger partial charge >= 0.3 is 0 Å². The number of hydrogen-bond acceptors (Lipinski definition) is 3. The minimum Gasteiger partial charge on any atom is -0.508 e. The van der Waals surface area contributed by atoms with Crippen molar-refractivity contribution in [3.8, 4) is 5.75 Å². The van der Waals surface area contributed by atoms with Crippen molar-refractivity contribution in [1.29, 1.82) is 0 Å². The lowest BCUT2D eigenvalue weighted by molar-refractivity contribution is -0.119. The number of carbonyl (C=O) groups is 1. The highest BCUT2D eigenvalue weighted by Gasteiger charge is 2.28. The first-order valence-corrected chi connectivity index (χ1v) is 6.60. The van der Waals surface area contributed by atoms with E-state index in [1.807, 2.05) is 13.0 Å². The van der Waals surface area contributed by atoms with Crippen LogP contribution in [-0.4, -0.2) is 23.5 Å². The number of hydrogen-bond donors (Lipinski definition) is 2. The van der Waals surface area contributed by atoms with E-state index >= 15 is 0 Å². The fourth-order valence-electron chi connectivity index (χ4n) is 2.57. The average molecular weight is 268 g/mol. The van der Waals surface area contributed by atoms with Gasteiger partial charge in [0.2, 0.25) is 0 Å². The first kappa shape index (κ1) is 13.4. The zero-order valence-corrected chi connectivity index (χ0v) is 11.4. The number of aromatic hydroxyl groups is 1. The minimum absolute atomic E-state index is 0.125. The molecule has 98 valence electrons. The third-order valence-corrected chi connectivity index (χ3v) is 4.15. The number of carbonyl (C=O) groups excluding carboxylic acids is 1. The number of phenolic OH excluding ortho intramolecular Hbond substituents is 1. The van der Waals surface area contributed by atoms with Crippen LogP contribution in [0.15, 0.2) is 12.1 Å². The van der Waals surface area contributed by atoms with Crippen LogP contribution in [0.3, 0.4) is 0 Å². The molecule has 3 nitrogen and oxygen atoms in total. The maximum absolute atomic E-state index is 11.5. The number of benzene rings is 1. The van der Waals surface area contributed by atoms with Crippen molar-refractivity contribution in [3.63, 3.8) is 0 Å². The topological polar surface area (TPSA) is 49.3 Å². The van der Waals surface area contributed by atoms with Crippen LogP contribution in [0.2, 0.25) is 5.02 Å². The highest BCUT2D eigenvalue weighted by molar-refractivity contribution is 6.32. The quantitative estimate of drug-likeness (QED) is 0.866. The van der Waals surface area contributed by atoms with Crippen molar-refractivity contribution < 1.29 is 9.90 Å². The predicted octanol–water partition coefficient (Wildman–Crippen LogP) is 2.78. The van der Waals surface area contributed by atoms with Gasteiger partial charge in [-0.3, -0.25) is 4.79 Å². The van der Waals surface area contributed by atoms with Gasteiger partial charge in [0, 0.05) is 5.56 Å². The van der Waals surface area contributed by atoms with E-state index < -0.39 is 0 Å². The van der Waals surface area contributed by atoms with Gasteiger partial charge in [0.1, 0.15) is 11.5 Å². The molecule has 2 N–H and O–H groups in total. The van der Waals surface area contributed by atoms with Crippen LogP contribution >= 0.6 is 11.6 Å². The summed E-state index contributed by atoms with van der Waals surface area (Å²) >= 11 is 6.29. The Hall–Kier alpha value is -1.06. The SMILES string of the molecule is CC(=O)[C@@H]1C[C@H](c2c(O)ccc(C)c2Cl)CCN1. The molecule has 0 aliphatic carbocycles. The molecule has 1 aliphatic rings. The molecular weight excluding hydrogens is 250 g/mol. The van der Waals surface area contributed by atoms with Gasteiger partial charge in [0.25, 0.3) is 0 Å². The first-order chi connectivity index (χ1) is 8.50. The fraction of sp³-hybridized carbons (Fsp3) is 0.500. The highest BCUT2D eigenvalue weighted by Crippen LogP contribution is 2.39. The number of nitrogens with one attached hydrogen (secondary N) is 1. The van der Waals surface area contributed by atoms with E-state index in [1.54, 1.807) is 13.0 Å². The van der Waals surface area contributed by atoms with E-state index in [9.17, 15) is 9.90 Å². The van der Waals surface area contributed by atoms with Crippen molar-refractivity contribution in [2.45, 2.75) is 38.6 Å². The summed E-state index contributed by atoms with van der Waals surface area (Å²) in [5.41, 5.74) is 1.76. The first-order valence-electron chi connectivity index (χ1n) is 6.22. The molecule has 0 bridgehead atoms. The number of halogens is 1. The molecule has 0 unspecified atom stereocenters. The second kappa shape index (κ2) is 5.29. The number of rotatable bonds is 2. The molecule has 0 amide bonds. The molecule has 1 aliphatic heterocycles. The third-order valence-electron chi connectivity index (χ3n) is 3.65. The van der Waals surface area contributed by atoms with Crippen molar-refractivity contribution in [1.82, 2.24) is 5.32 Å². The van der Waals surface area contributed by atoms with Gasteiger partial charge in [0.15, 0.2) is 0 Å². The van der Waals surface area contributed by atoms with Gasteiger partial charge in [-0.2, -0.15) is 0 Å². The molecule has 18 heavy (non-hydrogen) atoms. The van der Waals surface area contributed by atoms with Crippen LogP contribution < -0.4 is 5.32 Å². The lowest BCUT2D eigenvalue weighted by Gasteiger charge is -2.30. The normalized spacial score (nSPS) is 23.9. The summed E-state index contributed by atoms with van der Waals surface area (Å²) in [6.45, 7) is 4.30. The Morgan fingerprint density at radius 3 is 2.89 bits per heavy atom. The monoisotopic (exact) mass is 267 g/mol. The van der Waals surface area contributed by atoms with Gasteiger partial charge in [0.05, 0.1) is 11.1 Å². The lowest BCUT2D eigenvalue weighted by atomic mass is 9.84. The molecular formula is C14H18ClNO2. The smallest absolute Gasteiger partial charge is 0.146 e. The Kier molecular flexibility index (Phi) is 3.93. The zero-order valence-electron chi connectivity index (χ0n) is 10.7. The van der Waals surface area contributed by atoms with E-state index in [2.05, 4.69) is 5.32 Å². The van der Waals surface area contributed by atoms with E-state index in [0.717, 1.165) is 24.1 Å². The second-order valence-electron chi connectivity index (χ2n) is 4.97. The van der Waals surface area contributed by atoms with E-state index in [0.29, 0.717) is 11.4 Å². The summed E-state index contributed by atoms with van der Waals surface area (Å²) in [6, 6.07) is 3.37. The van der Waals surface area contributed by atoms with Gasteiger partial charge in [-0.15, -0.1) is 0 Å². The highest BCUT2D eigenvalue weighted by atomic mass is 35.5. The van der Waals surface area contributed by atoms with Crippen LogP contribution in [-0.2, 0) is 4.79 Å². The molecule has 2 atom stereocenters. The minimum atomic E-state index is -0.125. The summed E-state index contributed by atoms with van der Waals surface area (Å²) in [5.74, 6) is 0.523. The van der Waals surface area contributed by atoms with E-state index in [-0.39, 0.29) is 23.5 Å². The molecule has 2 rings (SSSR count). The summed E-state index contributed by atoms with van der Waals surface area (Å²) in [6.07, 6.45) is 1.59. The molecule has 1 heterocycles. The molecule has 1 saturated heterocycles. The maximum Gasteiger partial charge on any atom is 0.146 e. The van der Waals surface area contributed by atoms with Crippen LogP contribution in [0.25, 0.3) is 0 Å². The van der Waals surface area contributed by atoms with Crippen LogP contribution in [0.5, 0.6) is 5.75 Å². The van der Waals surface area contributed by atoms with Crippen molar-refractivity contribution in [2.75, 3.05) is 6.54 Å². The number of aryl methyl sites for hydroxylation is 1. The van der Waals surface area contributed by atoms with Crippen LogP contribution in [0, 0.1) is 6.92 Å². The lowest BCUT2D eigenvalue weighted by Crippen LogP contribution is -2.41. The Labute approximate surface area is 112 Å². The van der Waals surface area contributed by atoms with Crippen molar-refractivity contribution in [2.24, 2.45) is 0 Å². The van der Waals surface area contributed by atoms with E-state index in [1.165, 1.54) is 0 Å². The largest absolute Gasteiger partial charge is 0.508 e. The van der Waals surface area contributed by atoms with Gasteiger partial charge in [-0.25, -0.2) is 0 Å². The second-order valence-corrected chi connectivity index (χ2v) is 5.35. The number of phenols is 1. The Bertz CT molecular complexity index is 473. The number of ketones is 1. The van der Waals surface area contributed by atoms with Crippen LogP contribution in [0.1, 0.15) is 36.8 Å². The molecule has 0 aromatic heterocycles. The van der Waals surface area contributed by atoms with Gasteiger partial charge in [-0.05, 0) is 50.8 Å². The Morgan fingerprint density at radius 2 is 2.22 bits per heavy atom. The molecule has 1 fully saturated rings. The zero-order chi connectivity index (χ0) is 13.3. The fourth-order valence-corrected chi connectivity index (χ4v) is 2.88. The van der Waals surface area contributed by atoms with Crippen LogP contribution in [0.4, 0.5) is 0 Å². The standard InChI is InChI=1S/C14H18ClNO2/c1-8-3-4-12(18)13(14(8)15)10-5-6-16-11(7-10)9(2)17/h3-4,10-11,16,18H,5-7H2,1-2H3/t10-,11+/m1/s1. The molecule has 1 aromatic carbocycles. The van der Waals surface area contributed by atoms with Crippen molar-refractivity contribution in [3.05, 3.63) is 28.3 Å². The third kappa shape index (κ3) is 2.52. The molecule has 0 saturated carbocycles. The Balaban J connectivity index is 2.31. The number of Topliss-reactive ketones (excluding diaryl/α,β-unsaturated/α-hetero) is 1. The van der Waals surface area contributed by atoms with Crippen molar-refractivity contribution >= 4 is 17.4 Å². The molecule has 4 heteroatoms. The molecule has 1 aromatic rings. The van der Waals surface area contributed by atoms with Gasteiger partial charge < -0.3 is 10.4 Å².